The molecule has 1 amide bonds. The Bertz CT molecular complexity index is 640. The minimum Gasteiger partial charge on any atom is -0.396 e. The van der Waals surface area contributed by atoms with Crippen LogP contribution in [-0.4, -0.2) is 63.1 Å². The predicted octanol–water partition coefficient (Wildman–Crippen LogP) is -0.0444. The van der Waals surface area contributed by atoms with Gasteiger partial charge >= 0.3 is 0 Å². The number of nitrogens with zero attached hydrogens (tertiary/aromatic N) is 2. The van der Waals surface area contributed by atoms with Gasteiger partial charge in [0.1, 0.15) is 11.6 Å². The van der Waals surface area contributed by atoms with E-state index in [1.165, 1.54) is 17.0 Å². The molecule has 0 atom stereocenters. The number of anilines is 1. The van der Waals surface area contributed by atoms with Crippen molar-refractivity contribution in [3.8, 4) is 0 Å². The van der Waals surface area contributed by atoms with Gasteiger partial charge in [0.15, 0.2) is 9.84 Å². The van der Waals surface area contributed by atoms with Crippen LogP contribution in [0.3, 0.4) is 0 Å². The van der Waals surface area contributed by atoms with E-state index >= 15 is 0 Å². The van der Waals surface area contributed by atoms with Gasteiger partial charge < -0.3 is 15.5 Å². The molecule has 0 saturated carbocycles. The summed E-state index contributed by atoms with van der Waals surface area (Å²) in [6.07, 6.45) is 0. The number of benzene rings is 1. The van der Waals surface area contributed by atoms with Crippen molar-refractivity contribution in [2.45, 2.75) is 4.90 Å². The van der Waals surface area contributed by atoms with Crippen molar-refractivity contribution in [1.29, 1.82) is 0 Å². The third kappa shape index (κ3) is 3.70. The summed E-state index contributed by atoms with van der Waals surface area (Å²) in [4.78, 5) is 15.4. The number of rotatable bonds is 3. The van der Waals surface area contributed by atoms with Gasteiger partial charge in [-0.3, -0.25) is 4.79 Å². The van der Waals surface area contributed by atoms with Crippen molar-refractivity contribution in [3.63, 3.8) is 0 Å². The number of nitrogens with two attached hydrogens (primary N) is 1. The number of hydrogen-bond acceptors (Lipinski definition) is 5. The van der Waals surface area contributed by atoms with Crippen molar-refractivity contribution < 1.29 is 17.6 Å². The van der Waals surface area contributed by atoms with Crippen LogP contribution in [0.4, 0.5) is 10.1 Å². The number of piperazine rings is 1. The number of carbonyl (C=O) groups excluding carboxylic acids is 1. The molecule has 1 aromatic carbocycles. The third-order valence-electron chi connectivity index (χ3n) is 3.50. The highest BCUT2D eigenvalue weighted by molar-refractivity contribution is 7.92. The molecular formula is C13H18FN3O3S. The van der Waals surface area contributed by atoms with Crippen LogP contribution >= 0.6 is 0 Å². The Kier molecular flexibility index (Phi) is 4.48. The second-order valence-corrected chi connectivity index (χ2v) is 7.12. The Morgan fingerprint density at radius 1 is 1.29 bits per heavy atom. The lowest BCUT2D eigenvalue weighted by molar-refractivity contribution is -0.129. The first-order chi connectivity index (χ1) is 9.79. The molecule has 0 unspecified atom stereocenters. The molecule has 2 N–H and O–H groups in total. The lowest BCUT2D eigenvalue weighted by Crippen LogP contribution is -2.48. The van der Waals surface area contributed by atoms with Crippen LogP contribution in [0.15, 0.2) is 23.1 Å². The number of carbonyl (C=O) groups is 1. The fourth-order valence-electron chi connectivity index (χ4n) is 2.09. The van der Waals surface area contributed by atoms with Crippen LogP contribution < -0.4 is 5.73 Å². The van der Waals surface area contributed by atoms with Crippen molar-refractivity contribution in [2.75, 3.05) is 44.7 Å². The van der Waals surface area contributed by atoms with Gasteiger partial charge in [0.05, 0.1) is 10.6 Å². The molecule has 21 heavy (non-hydrogen) atoms. The Morgan fingerprint density at radius 3 is 2.48 bits per heavy atom. The van der Waals surface area contributed by atoms with Gasteiger partial charge in [0.25, 0.3) is 0 Å². The fraction of sp³-hybridized carbons (Fsp3) is 0.462. The zero-order valence-electron chi connectivity index (χ0n) is 11.8. The molecule has 2 rings (SSSR count). The van der Waals surface area contributed by atoms with Gasteiger partial charge in [-0.05, 0) is 25.2 Å². The third-order valence-corrected chi connectivity index (χ3v) is 5.10. The van der Waals surface area contributed by atoms with E-state index in [0.717, 1.165) is 6.07 Å². The van der Waals surface area contributed by atoms with Crippen LogP contribution in [0.2, 0.25) is 0 Å². The summed E-state index contributed by atoms with van der Waals surface area (Å²) < 4.78 is 37.6. The van der Waals surface area contributed by atoms with E-state index in [4.69, 9.17) is 5.73 Å². The minimum absolute atomic E-state index is 0.126. The molecule has 0 spiro atoms. The van der Waals surface area contributed by atoms with E-state index in [2.05, 4.69) is 4.90 Å². The second-order valence-electron chi connectivity index (χ2n) is 5.13. The van der Waals surface area contributed by atoms with E-state index in [1.54, 1.807) is 0 Å². The average molecular weight is 315 g/mol. The molecule has 1 aliphatic rings. The van der Waals surface area contributed by atoms with E-state index in [-0.39, 0.29) is 10.6 Å². The SMILES string of the molecule is CN1CCN(C(=O)CS(=O)(=O)c2ccc(N)c(F)c2)CC1. The highest BCUT2D eigenvalue weighted by Gasteiger charge is 2.26. The van der Waals surface area contributed by atoms with E-state index in [1.807, 2.05) is 7.05 Å². The molecule has 0 aromatic heterocycles. The van der Waals surface area contributed by atoms with E-state index < -0.39 is 27.3 Å². The number of halogens is 1. The Labute approximate surface area is 123 Å². The van der Waals surface area contributed by atoms with Crippen LogP contribution in [0, 0.1) is 5.82 Å². The average Bonchev–Trinajstić information content (AvgIpc) is 2.42. The predicted molar refractivity (Wildman–Crippen MR) is 76.9 cm³/mol. The Hall–Kier alpha value is -1.67. The first-order valence-corrected chi connectivity index (χ1v) is 8.19. The summed E-state index contributed by atoms with van der Waals surface area (Å²) in [7, 11) is -1.92. The molecule has 1 aromatic rings. The van der Waals surface area contributed by atoms with Crippen LogP contribution in [0.25, 0.3) is 0 Å². The summed E-state index contributed by atoms with van der Waals surface area (Å²) in [5.74, 6) is -1.91. The molecule has 1 aliphatic heterocycles. The molecular weight excluding hydrogens is 297 g/mol. The fourth-order valence-corrected chi connectivity index (χ4v) is 3.33. The summed E-state index contributed by atoms with van der Waals surface area (Å²) in [6, 6.07) is 3.25. The lowest BCUT2D eigenvalue weighted by atomic mass is 10.3. The van der Waals surface area contributed by atoms with Crippen molar-refractivity contribution in [1.82, 2.24) is 9.80 Å². The maximum Gasteiger partial charge on any atom is 0.238 e. The summed E-state index contributed by atoms with van der Waals surface area (Å²) in [6.45, 7) is 2.42. The largest absolute Gasteiger partial charge is 0.396 e. The number of nitrogen functional groups attached to an aromatic ring is 1. The topological polar surface area (TPSA) is 83.7 Å². The Balaban J connectivity index is 2.10. The number of likely N-dealkylation sites (N-methyl/N-ethyl adjacent to an activating group) is 1. The van der Waals surface area contributed by atoms with Gasteiger partial charge in [0, 0.05) is 26.2 Å². The first kappa shape index (κ1) is 15.7. The summed E-state index contributed by atoms with van der Waals surface area (Å²) >= 11 is 0. The standard InChI is InChI=1S/C13H18FN3O3S/c1-16-4-6-17(7-5-16)13(18)9-21(19,20)10-2-3-12(15)11(14)8-10/h2-3,8H,4-7,9,15H2,1H3. The zero-order valence-corrected chi connectivity index (χ0v) is 12.6. The minimum atomic E-state index is -3.86. The normalized spacial score (nSPS) is 17.0. The van der Waals surface area contributed by atoms with Crippen molar-refractivity contribution in [2.24, 2.45) is 0 Å². The van der Waals surface area contributed by atoms with Crippen molar-refractivity contribution >= 4 is 21.4 Å². The second kappa shape index (κ2) is 5.98. The monoisotopic (exact) mass is 315 g/mol. The zero-order chi connectivity index (χ0) is 15.6. The molecule has 0 aliphatic carbocycles. The van der Waals surface area contributed by atoms with Gasteiger partial charge in [0.2, 0.25) is 5.91 Å². The van der Waals surface area contributed by atoms with Gasteiger partial charge in [-0.1, -0.05) is 0 Å². The lowest BCUT2D eigenvalue weighted by Gasteiger charge is -2.32. The summed E-state index contributed by atoms with van der Waals surface area (Å²) in [5.41, 5.74) is 5.19. The van der Waals surface area contributed by atoms with Gasteiger partial charge in [-0.15, -0.1) is 0 Å². The number of hydrogen-bond donors (Lipinski definition) is 1. The number of sulfone groups is 1. The quantitative estimate of drug-likeness (QED) is 0.791. The van der Waals surface area contributed by atoms with Gasteiger partial charge in [-0.2, -0.15) is 0 Å². The van der Waals surface area contributed by atoms with Crippen LogP contribution in [0.5, 0.6) is 0 Å². The summed E-state index contributed by atoms with van der Waals surface area (Å²) in [5, 5.41) is 0. The molecule has 1 fully saturated rings. The van der Waals surface area contributed by atoms with Gasteiger partial charge in [-0.25, -0.2) is 12.8 Å². The maximum absolute atomic E-state index is 13.4. The molecule has 116 valence electrons. The highest BCUT2D eigenvalue weighted by atomic mass is 32.2. The molecule has 1 saturated heterocycles. The van der Waals surface area contributed by atoms with Crippen LogP contribution in [-0.2, 0) is 14.6 Å². The van der Waals surface area contributed by atoms with E-state index in [0.29, 0.717) is 26.2 Å². The molecule has 1 heterocycles. The molecule has 8 heteroatoms. The van der Waals surface area contributed by atoms with Crippen LogP contribution in [0.1, 0.15) is 0 Å². The smallest absolute Gasteiger partial charge is 0.238 e. The Morgan fingerprint density at radius 2 is 1.90 bits per heavy atom. The number of amides is 1. The highest BCUT2D eigenvalue weighted by Crippen LogP contribution is 2.18. The maximum atomic E-state index is 13.4. The van der Waals surface area contributed by atoms with Crippen molar-refractivity contribution in [3.05, 3.63) is 24.0 Å². The van der Waals surface area contributed by atoms with E-state index in [9.17, 15) is 17.6 Å². The molecule has 6 nitrogen and oxygen atoms in total. The molecule has 0 radical (unpaired) electrons. The first-order valence-electron chi connectivity index (χ1n) is 6.54. The molecule has 0 bridgehead atoms.